The van der Waals surface area contributed by atoms with Crippen LogP contribution in [-0.4, -0.2) is 35.5 Å². The molecule has 0 saturated carbocycles. The van der Waals surface area contributed by atoms with Crippen molar-refractivity contribution in [2.45, 2.75) is 18.4 Å². The first-order chi connectivity index (χ1) is 8.15. The summed E-state index contributed by atoms with van der Waals surface area (Å²) in [5, 5.41) is 13.2. The maximum Gasteiger partial charge on any atom is 0.145 e. The van der Waals surface area contributed by atoms with Crippen LogP contribution < -0.4 is 11.1 Å². The Morgan fingerprint density at radius 2 is 2.24 bits per heavy atom. The van der Waals surface area contributed by atoms with E-state index in [-0.39, 0.29) is 6.61 Å². The third kappa shape index (κ3) is 2.80. The zero-order valence-corrected chi connectivity index (χ0v) is 10.2. The van der Waals surface area contributed by atoms with E-state index in [0.29, 0.717) is 29.7 Å². The van der Waals surface area contributed by atoms with E-state index in [1.54, 1.807) is 12.3 Å². The Bertz CT molecular complexity index is 394. The van der Waals surface area contributed by atoms with E-state index >= 15 is 0 Å². The van der Waals surface area contributed by atoms with Gasteiger partial charge in [-0.05, 0) is 18.9 Å². The van der Waals surface area contributed by atoms with Crippen molar-refractivity contribution in [3.63, 3.8) is 0 Å². The van der Waals surface area contributed by atoms with Crippen molar-refractivity contribution in [2.24, 2.45) is 0 Å². The molecule has 0 spiro atoms. The summed E-state index contributed by atoms with van der Waals surface area (Å²) >= 11 is 6.05. The van der Waals surface area contributed by atoms with Gasteiger partial charge in [-0.3, -0.25) is 0 Å². The van der Waals surface area contributed by atoms with Crippen LogP contribution >= 0.6 is 11.6 Å². The molecule has 0 atom stereocenters. The molecule has 17 heavy (non-hydrogen) atoms. The minimum absolute atomic E-state index is 0.0265. The Morgan fingerprint density at radius 1 is 1.53 bits per heavy atom. The first-order valence-electron chi connectivity index (χ1n) is 5.53. The maximum absolute atomic E-state index is 9.53. The number of aromatic nitrogens is 1. The zero-order valence-electron chi connectivity index (χ0n) is 9.45. The first-order valence-corrected chi connectivity index (χ1v) is 5.91. The monoisotopic (exact) mass is 257 g/mol. The van der Waals surface area contributed by atoms with E-state index < -0.39 is 5.54 Å². The Morgan fingerprint density at radius 3 is 2.82 bits per heavy atom. The van der Waals surface area contributed by atoms with Crippen molar-refractivity contribution in [1.29, 1.82) is 0 Å². The van der Waals surface area contributed by atoms with Gasteiger partial charge in [-0.2, -0.15) is 0 Å². The van der Waals surface area contributed by atoms with Crippen molar-refractivity contribution in [3.8, 4) is 0 Å². The number of rotatable bonds is 3. The van der Waals surface area contributed by atoms with E-state index in [9.17, 15) is 5.11 Å². The van der Waals surface area contributed by atoms with Crippen molar-refractivity contribution in [2.75, 3.05) is 30.9 Å². The molecule has 1 aromatic heterocycles. The average molecular weight is 258 g/mol. The van der Waals surface area contributed by atoms with E-state index in [4.69, 9.17) is 22.1 Å². The second kappa shape index (κ2) is 5.08. The van der Waals surface area contributed by atoms with E-state index in [2.05, 4.69) is 10.3 Å². The number of nitrogens with one attached hydrogen (secondary N) is 1. The fraction of sp³-hybridized carbons (Fsp3) is 0.545. The highest BCUT2D eigenvalue weighted by atomic mass is 35.5. The number of aliphatic hydroxyl groups is 1. The molecule has 4 N–H and O–H groups in total. The summed E-state index contributed by atoms with van der Waals surface area (Å²) in [5.74, 6) is 0.553. The molecule has 0 unspecified atom stereocenters. The largest absolute Gasteiger partial charge is 0.397 e. The van der Waals surface area contributed by atoms with Crippen molar-refractivity contribution >= 4 is 23.1 Å². The van der Waals surface area contributed by atoms with Gasteiger partial charge in [0.25, 0.3) is 0 Å². The second-order valence-electron chi connectivity index (χ2n) is 4.27. The van der Waals surface area contributed by atoms with Gasteiger partial charge < -0.3 is 20.9 Å². The molecule has 6 heteroatoms. The summed E-state index contributed by atoms with van der Waals surface area (Å²) in [4.78, 5) is 4.14. The summed E-state index contributed by atoms with van der Waals surface area (Å²) < 4.78 is 5.29. The number of anilines is 2. The first kappa shape index (κ1) is 12.4. The predicted molar refractivity (Wildman–Crippen MR) is 67.2 cm³/mol. The van der Waals surface area contributed by atoms with Crippen LogP contribution in [0, 0.1) is 0 Å². The van der Waals surface area contributed by atoms with Gasteiger partial charge >= 0.3 is 0 Å². The Kier molecular flexibility index (Phi) is 3.71. The average Bonchev–Trinajstić information content (AvgIpc) is 2.34. The van der Waals surface area contributed by atoms with Crippen LogP contribution in [-0.2, 0) is 4.74 Å². The number of hydrogen-bond donors (Lipinski definition) is 3. The zero-order chi connectivity index (χ0) is 12.3. The number of halogens is 1. The van der Waals surface area contributed by atoms with Crippen LogP contribution in [0.15, 0.2) is 12.3 Å². The predicted octanol–water partition coefficient (Wildman–Crippen LogP) is 1.27. The van der Waals surface area contributed by atoms with Crippen LogP contribution in [0.4, 0.5) is 11.5 Å². The third-order valence-corrected chi connectivity index (χ3v) is 3.29. The highest BCUT2D eigenvalue weighted by molar-refractivity contribution is 6.33. The Balaban J connectivity index is 2.17. The van der Waals surface area contributed by atoms with Gasteiger partial charge in [-0.15, -0.1) is 0 Å². The Hall–Kier alpha value is -1.04. The molecule has 94 valence electrons. The summed E-state index contributed by atoms with van der Waals surface area (Å²) in [5.41, 5.74) is 5.70. The van der Waals surface area contributed by atoms with Crippen LogP contribution in [0.2, 0.25) is 5.02 Å². The SMILES string of the molecule is Nc1cnc(NC2(CO)CCOCC2)c(Cl)c1. The normalized spacial score (nSPS) is 18.9. The van der Waals surface area contributed by atoms with Crippen LogP contribution in [0.25, 0.3) is 0 Å². The number of aliphatic hydroxyl groups excluding tert-OH is 1. The van der Waals surface area contributed by atoms with E-state index in [1.807, 2.05) is 0 Å². The van der Waals surface area contributed by atoms with Gasteiger partial charge in [0.15, 0.2) is 0 Å². The fourth-order valence-electron chi connectivity index (χ4n) is 1.88. The second-order valence-corrected chi connectivity index (χ2v) is 4.68. The van der Waals surface area contributed by atoms with E-state index in [0.717, 1.165) is 12.8 Å². The number of ether oxygens (including phenoxy) is 1. The lowest BCUT2D eigenvalue weighted by molar-refractivity contribution is 0.0378. The highest BCUT2D eigenvalue weighted by Gasteiger charge is 2.32. The molecule has 1 aromatic rings. The molecular formula is C11H16ClN3O2. The van der Waals surface area contributed by atoms with Gasteiger partial charge in [-0.25, -0.2) is 4.98 Å². The van der Waals surface area contributed by atoms with Crippen LogP contribution in [0.1, 0.15) is 12.8 Å². The molecule has 0 radical (unpaired) electrons. The molecule has 1 saturated heterocycles. The van der Waals surface area contributed by atoms with Gasteiger partial charge in [0, 0.05) is 13.2 Å². The molecule has 1 fully saturated rings. The van der Waals surface area contributed by atoms with Gasteiger partial charge in [-0.1, -0.05) is 11.6 Å². The lowest BCUT2D eigenvalue weighted by Gasteiger charge is -2.37. The molecule has 1 aliphatic rings. The quantitative estimate of drug-likeness (QED) is 0.760. The Labute approximate surface area is 105 Å². The number of nitrogen functional groups attached to an aromatic ring is 1. The summed E-state index contributed by atoms with van der Waals surface area (Å²) in [7, 11) is 0. The lowest BCUT2D eigenvalue weighted by Crippen LogP contribution is -2.47. The number of nitrogens with two attached hydrogens (primary N) is 1. The minimum Gasteiger partial charge on any atom is -0.397 e. The molecular weight excluding hydrogens is 242 g/mol. The smallest absolute Gasteiger partial charge is 0.145 e. The topological polar surface area (TPSA) is 80.4 Å². The van der Waals surface area contributed by atoms with Crippen LogP contribution in [0.5, 0.6) is 0 Å². The minimum atomic E-state index is -0.398. The van der Waals surface area contributed by atoms with Crippen molar-refractivity contribution in [1.82, 2.24) is 4.98 Å². The van der Waals surface area contributed by atoms with Crippen LogP contribution in [0.3, 0.4) is 0 Å². The standard InChI is InChI=1S/C11H16ClN3O2/c12-9-5-8(13)6-14-10(9)15-11(7-16)1-3-17-4-2-11/h5-6,16H,1-4,7,13H2,(H,14,15). The molecule has 2 heterocycles. The number of hydrogen-bond acceptors (Lipinski definition) is 5. The molecule has 5 nitrogen and oxygen atoms in total. The fourth-order valence-corrected chi connectivity index (χ4v) is 2.10. The van der Waals surface area contributed by atoms with Gasteiger partial charge in [0.2, 0.25) is 0 Å². The van der Waals surface area contributed by atoms with Gasteiger partial charge in [0.05, 0.1) is 29.1 Å². The molecule has 0 amide bonds. The summed E-state index contributed by atoms with van der Waals surface area (Å²) in [6, 6.07) is 1.64. The van der Waals surface area contributed by atoms with Crippen molar-refractivity contribution in [3.05, 3.63) is 17.3 Å². The molecule has 0 bridgehead atoms. The molecule has 1 aliphatic heterocycles. The summed E-state index contributed by atoms with van der Waals surface area (Å²) in [6.45, 7) is 1.28. The third-order valence-electron chi connectivity index (χ3n) is 3.00. The molecule has 2 rings (SSSR count). The lowest BCUT2D eigenvalue weighted by atomic mass is 9.91. The summed E-state index contributed by atoms with van der Waals surface area (Å²) in [6.07, 6.45) is 3.00. The maximum atomic E-state index is 9.53. The van der Waals surface area contributed by atoms with Crippen molar-refractivity contribution < 1.29 is 9.84 Å². The molecule has 0 aromatic carbocycles. The highest BCUT2D eigenvalue weighted by Crippen LogP contribution is 2.29. The van der Waals surface area contributed by atoms with E-state index in [1.165, 1.54) is 0 Å². The molecule has 0 aliphatic carbocycles. The number of pyridine rings is 1. The van der Waals surface area contributed by atoms with Gasteiger partial charge in [0.1, 0.15) is 5.82 Å². The number of nitrogens with zero attached hydrogens (tertiary/aromatic N) is 1.